The predicted molar refractivity (Wildman–Crippen MR) is 120 cm³/mol. The Kier molecular flexibility index (Phi) is 7.84. The molecule has 0 aliphatic rings. The molecule has 30 heavy (non-hydrogen) atoms. The van der Waals surface area contributed by atoms with Crippen LogP contribution in [-0.2, 0) is 14.9 Å². The number of amides is 1. The molecule has 5 nitrogen and oxygen atoms in total. The maximum Gasteiger partial charge on any atom is 0.339 e. The van der Waals surface area contributed by atoms with Gasteiger partial charge in [0.2, 0.25) is 11.7 Å². The quantitative estimate of drug-likeness (QED) is 0.367. The number of hydrogen-bond acceptors (Lipinski definition) is 5. The minimum Gasteiger partial charge on any atom is -0.451 e. The van der Waals surface area contributed by atoms with Crippen molar-refractivity contribution in [1.29, 1.82) is 0 Å². The average Bonchev–Trinajstić information content (AvgIpc) is 2.70. The van der Waals surface area contributed by atoms with Crippen LogP contribution in [0.15, 0.2) is 53.4 Å². The Morgan fingerprint density at radius 1 is 1.00 bits per heavy atom. The van der Waals surface area contributed by atoms with E-state index < -0.39 is 12.1 Å². The molecule has 0 saturated carbocycles. The van der Waals surface area contributed by atoms with Gasteiger partial charge in [-0.1, -0.05) is 57.2 Å². The van der Waals surface area contributed by atoms with Gasteiger partial charge in [-0.25, -0.2) is 4.79 Å². The molecule has 2 rings (SSSR count). The van der Waals surface area contributed by atoms with Crippen molar-refractivity contribution in [3.63, 3.8) is 0 Å². The number of benzene rings is 2. The summed E-state index contributed by atoms with van der Waals surface area (Å²) in [6, 6.07) is 14.3. The molecule has 160 valence electrons. The maximum atomic E-state index is 12.7. The van der Waals surface area contributed by atoms with Gasteiger partial charge in [-0.2, -0.15) is 0 Å². The summed E-state index contributed by atoms with van der Waals surface area (Å²) in [5.41, 5.74) is 1.97. The second-order valence-corrected chi connectivity index (χ2v) is 9.33. The summed E-state index contributed by atoms with van der Waals surface area (Å²) in [4.78, 5) is 39.4. The van der Waals surface area contributed by atoms with Gasteiger partial charge in [0.1, 0.15) is 0 Å². The van der Waals surface area contributed by atoms with Crippen LogP contribution in [0.4, 0.5) is 0 Å². The zero-order valence-corrected chi connectivity index (χ0v) is 19.2. The molecule has 0 aliphatic carbocycles. The maximum absolute atomic E-state index is 12.7. The fourth-order valence-corrected chi connectivity index (χ4v) is 3.70. The van der Waals surface area contributed by atoms with Crippen LogP contribution in [0, 0.1) is 0 Å². The summed E-state index contributed by atoms with van der Waals surface area (Å²) in [5.74, 6) is -0.670. The van der Waals surface area contributed by atoms with Crippen LogP contribution in [0.2, 0.25) is 0 Å². The van der Waals surface area contributed by atoms with Crippen molar-refractivity contribution in [3.05, 3.63) is 65.2 Å². The first-order valence-electron chi connectivity index (χ1n) is 9.78. The van der Waals surface area contributed by atoms with Crippen molar-refractivity contribution in [1.82, 2.24) is 4.90 Å². The molecule has 0 aromatic heterocycles. The van der Waals surface area contributed by atoms with E-state index in [4.69, 9.17) is 4.74 Å². The molecule has 0 unspecified atom stereocenters. The normalized spacial score (nSPS) is 12.2. The fraction of sp³-hybridized carbons (Fsp3) is 0.375. The molecule has 0 fully saturated rings. The Labute approximate surface area is 182 Å². The molecule has 2 aromatic rings. The van der Waals surface area contributed by atoms with Crippen molar-refractivity contribution >= 4 is 29.4 Å². The number of Topliss-reactive ketones (excluding diaryl/α,β-unsaturated/α-hetero) is 1. The highest BCUT2D eigenvalue weighted by atomic mass is 32.2. The summed E-state index contributed by atoms with van der Waals surface area (Å²) in [6.45, 7) is 7.89. The van der Waals surface area contributed by atoms with Crippen molar-refractivity contribution in [3.8, 4) is 0 Å². The van der Waals surface area contributed by atoms with E-state index in [2.05, 4.69) is 20.8 Å². The van der Waals surface area contributed by atoms with E-state index in [-0.39, 0.29) is 22.9 Å². The van der Waals surface area contributed by atoms with Gasteiger partial charge in [0, 0.05) is 24.6 Å². The van der Waals surface area contributed by atoms with Gasteiger partial charge in [0.25, 0.3) is 0 Å². The summed E-state index contributed by atoms with van der Waals surface area (Å²) in [7, 11) is 3.37. The predicted octanol–water partition coefficient (Wildman–Crippen LogP) is 4.59. The third kappa shape index (κ3) is 6.20. The molecule has 2 aromatic carbocycles. The molecule has 0 bridgehead atoms. The van der Waals surface area contributed by atoms with E-state index >= 15 is 0 Å². The van der Waals surface area contributed by atoms with E-state index in [0.29, 0.717) is 16.0 Å². The van der Waals surface area contributed by atoms with Crippen molar-refractivity contribution in [2.24, 2.45) is 0 Å². The zero-order chi connectivity index (χ0) is 22.5. The Bertz CT molecular complexity index is 914. The minimum atomic E-state index is -0.917. The highest BCUT2D eigenvalue weighted by molar-refractivity contribution is 8.00. The Morgan fingerprint density at radius 2 is 1.60 bits per heavy atom. The number of ether oxygens (including phenoxy) is 1. The number of ketones is 1. The molecule has 0 heterocycles. The van der Waals surface area contributed by atoms with E-state index in [1.807, 2.05) is 12.1 Å². The summed E-state index contributed by atoms with van der Waals surface area (Å²) < 4.78 is 5.45. The average molecular weight is 428 g/mol. The van der Waals surface area contributed by atoms with Gasteiger partial charge in [-0.15, -0.1) is 11.8 Å². The van der Waals surface area contributed by atoms with Gasteiger partial charge in [0.15, 0.2) is 6.10 Å². The smallest absolute Gasteiger partial charge is 0.339 e. The molecule has 0 radical (unpaired) electrons. The van der Waals surface area contributed by atoms with E-state index in [9.17, 15) is 14.4 Å². The van der Waals surface area contributed by atoms with Gasteiger partial charge in [0.05, 0.1) is 11.3 Å². The third-order valence-electron chi connectivity index (χ3n) is 4.65. The second kappa shape index (κ2) is 9.94. The molecule has 0 saturated heterocycles. The lowest BCUT2D eigenvalue weighted by Crippen LogP contribution is -2.25. The topological polar surface area (TPSA) is 63.7 Å². The molecule has 6 heteroatoms. The summed E-state index contributed by atoms with van der Waals surface area (Å²) in [5, 5.41) is 0. The number of carbonyl (C=O) groups excluding carboxylic acids is 3. The second-order valence-electron chi connectivity index (χ2n) is 8.31. The molecule has 1 amide bonds. The minimum absolute atomic E-state index is 0.00496. The van der Waals surface area contributed by atoms with Crippen molar-refractivity contribution in [2.75, 3.05) is 19.8 Å². The number of rotatable bonds is 7. The molecular weight excluding hydrogens is 398 g/mol. The number of carbonyl (C=O) groups is 3. The Morgan fingerprint density at radius 3 is 2.17 bits per heavy atom. The zero-order valence-electron chi connectivity index (χ0n) is 18.4. The lowest BCUT2D eigenvalue weighted by molar-refractivity contribution is -0.125. The van der Waals surface area contributed by atoms with Gasteiger partial charge < -0.3 is 9.64 Å². The highest BCUT2D eigenvalue weighted by Gasteiger charge is 2.23. The number of hydrogen-bond donors (Lipinski definition) is 0. The molecule has 0 aliphatic heterocycles. The van der Waals surface area contributed by atoms with E-state index in [0.717, 1.165) is 5.56 Å². The standard InChI is InChI=1S/C24H29NO4S/c1-16(22(27)17-11-13-18(14-12-17)24(2,3)4)29-23(28)19-9-7-8-10-20(19)30-15-21(26)25(5)6/h7-14,16H,15H2,1-6H3/t16-/m0/s1. The van der Waals surface area contributed by atoms with Gasteiger partial charge in [-0.3, -0.25) is 9.59 Å². The first-order valence-corrected chi connectivity index (χ1v) is 10.8. The number of nitrogens with zero attached hydrogens (tertiary/aromatic N) is 1. The summed E-state index contributed by atoms with van der Waals surface area (Å²) in [6.07, 6.45) is -0.917. The van der Waals surface area contributed by atoms with Gasteiger partial charge >= 0.3 is 5.97 Å². The lowest BCUT2D eigenvalue weighted by Gasteiger charge is -2.19. The SMILES string of the molecule is C[C@H](OC(=O)c1ccccc1SCC(=O)N(C)C)C(=O)c1ccc(C(C)(C)C)cc1. The first-order chi connectivity index (χ1) is 14.0. The van der Waals surface area contributed by atoms with Crippen LogP contribution in [0.5, 0.6) is 0 Å². The van der Waals surface area contributed by atoms with Crippen LogP contribution < -0.4 is 0 Å². The number of thioether (sulfide) groups is 1. The first kappa shape index (κ1) is 23.7. The van der Waals surface area contributed by atoms with Crippen LogP contribution in [-0.4, -0.2) is 48.5 Å². The fourth-order valence-electron chi connectivity index (χ4n) is 2.68. The van der Waals surface area contributed by atoms with E-state index in [1.54, 1.807) is 57.4 Å². The highest BCUT2D eigenvalue weighted by Crippen LogP contribution is 2.25. The van der Waals surface area contributed by atoms with Crippen LogP contribution >= 0.6 is 11.8 Å². The molecular formula is C24H29NO4S. The molecule has 1 atom stereocenters. The third-order valence-corrected chi connectivity index (χ3v) is 5.70. The summed E-state index contributed by atoms with van der Waals surface area (Å²) >= 11 is 1.27. The molecule has 0 N–H and O–H groups in total. The Balaban J connectivity index is 2.08. The van der Waals surface area contributed by atoms with E-state index in [1.165, 1.54) is 16.7 Å². The van der Waals surface area contributed by atoms with Crippen molar-refractivity contribution < 1.29 is 19.1 Å². The monoisotopic (exact) mass is 427 g/mol. The largest absolute Gasteiger partial charge is 0.451 e. The van der Waals surface area contributed by atoms with Crippen LogP contribution in [0.3, 0.4) is 0 Å². The lowest BCUT2D eigenvalue weighted by atomic mass is 9.86. The van der Waals surface area contributed by atoms with Gasteiger partial charge in [-0.05, 0) is 30.0 Å². The molecule has 0 spiro atoms. The van der Waals surface area contributed by atoms with Crippen LogP contribution in [0.1, 0.15) is 54.0 Å². The number of esters is 1. The Hall–Kier alpha value is -2.60. The van der Waals surface area contributed by atoms with Crippen molar-refractivity contribution in [2.45, 2.75) is 44.1 Å². The van der Waals surface area contributed by atoms with Crippen LogP contribution in [0.25, 0.3) is 0 Å².